The lowest BCUT2D eigenvalue weighted by Crippen LogP contribution is -2.44. The fourth-order valence-corrected chi connectivity index (χ4v) is 4.72. The number of hydrogen-bond acceptors (Lipinski definition) is 3. The Kier molecular flexibility index (Phi) is 9.98. The van der Waals surface area contributed by atoms with Crippen LogP contribution < -0.4 is 0 Å². The Morgan fingerprint density at radius 2 is 1.72 bits per heavy atom. The Balaban J connectivity index is 1.55. The van der Waals surface area contributed by atoms with Crippen LogP contribution in [0.25, 0.3) is 10.9 Å². The van der Waals surface area contributed by atoms with Gasteiger partial charge in [-0.15, -0.1) is 0 Å². The van der Waals surface area contributed by atoms with E-state index in [1.165, 1.54) is 23.1 Å². The minimum atomic E-state index is -0.341. The Hall–Kier alpha value is -3.39. The van der Waals surface area contributed by atoms with Crippen LogP contribution in [0.15, 0.2) is 72.9 Å². The Morgan fingerprint density at radius 1 is 0.949 bits per heavy atom. The van der Waals surface area contributed by atoms with Crippen LogP contribution in [0.4, 0.5) is 4.39 Å². The number of aromatic amines is 1. The summed E-state index contributed by atoms with van der Waals surface area (Å²) >= 11 is 12.2. The third-order valence-corrected chi connectivity index (χ3v) is 7.26. The van der Waals surface area contributed by atoms with E-state index < -0.39 is 0 Å². The van der Waals surface area contributed by atoms with Crippen LogP contribution in [0, 0.1) is 5.82 Å². The van der Waals surface area contributed by atoms with Crippen molar-refractivity contribution in [2.24, 2.45) is 0 Å². The van der Waals surface area contributed by atoms with Crippen LogP contribution in [0.5, 0.6) is 0 Å². The summed E-state index contributed by atoms with van der Waals surface area (Å²) in [5.74, 6) is -0.881. The van der Waals surface area contributed by atoms with Crippen molar-refractivity contribution in [1.29, 1.82) is 0 Å². The second-order valence-corrected chi connectivity index (χ2v) is 10.1. The van der Waals surface area contributed by atoms with Crippen molar-refractivity contribution in [2.45, 2.75) is 19.4 Å². The average Bonchev–Trinajstić information content (AvgIpc) is 3.35. The van der Waals surface area contributed by atoms with Crippen LogP contribution in [0.3, 0.4) is 0 Å². The third kappa shape index (κ3) is 7.60. The molecule has 1 heterocycles. The van der Waals surface area contributed by atoms with Crippen molar-refractivity contribution < 1.29 is 18.7 Å². The number of ether oxygens (including phenoxy) is 1. The highest BCUT2D eigenvalue weighted by molar-refractivity contribution is 6.42. The summed E-state index contributed by atoms with van der Waals surface area (Å²) in [5, 5.41) is 1.71. The number of methoxy groups -OCH3 is 1. The minimum Gasteiger partial charge on any atom is -0.385 e. The summed E-state index contributed by atoms with van der Waals surface area (Å²) in [6, 6.07) is 18.7. The van der Waals surface area contributed by atoms with Gasteiger partial charge in [0.15, 0.2) is 0 Å². The van der Waals surface area contributed by atoms with E-state index in [-0.39, 0.29) is 35.7 Å². The standard InChI is InChI=1S/C30H30Cl2FN3O3/c1-39-16-4-14-36(30(38)22-9-12-26(31)27(32)17-22)20-29(37)35(19-21-7-10-24(33)11-8-21)15-13-23-18-34-28-6-3-2-5-25(23)28/h2-3,5-12,17-18,34H,4,13-16,19-20H2,1H3. The number of hydrogen-bond donors (Lipinski definition) is 1. The molecule has 0 aliphatic carbocycles. The lowest BCUT2D eigenvalue weighted by atomic mass is 10.1. The minimum absolute atomic E-state index is 0.127. The van der Waals surface area contributed by atoms with Crippen LogP contribution in [0.1, 0.15) is 27.9 Å². The monoisotopic (exact) mass is 569 g/mol. The Morgan fingerprint density at radius 3 is 2.46 bits per heavy atom. The molecule has 0 saturated carbocycles. The van der Waals surface area contributed by atoms with Crippen molar-refractivity contribution in [3.63, 3.8) is 0 Å². The number of nitrogens with one attached hydrogen (secondary N) is 1. The molecule has 9 heteroatoms. The maximum absolute atomic E-state index is 13.7. The van der Waals surface area contributed by atoms with Crippen molar-refractivity contribution in [3.05, 3.63) is 105 Å². The molecule has 4 aromatic rings. The molecule has 6 nitrogen and oxygen atoms in total. The first kappa shape index (κ1) is 28.6. The summed E-state index contributed by atoms with van der Waals surface area (Å²) in [6.07, 6.45) is 3.13. The zero-order chi connectivity index (χ0) is 27.8. The number of amides is 2. The van der Waals surface area contributed by atoms with Gasteiger partial charge in [0.05, 0.1) is 10.0 Å². The molecule has 0 bridgehead atoms. The number of rotatable bonds is 12. The first-order chi connectivity index (χ1) is 18.9. The first-order valence-corrected chi connectivity index (χ1v) is 13.4. The quantitative estimate of drug-likeness (QED) is 0.202. The molecule has 0 saturated heterocycles. The van der Waals surface area contributed by atoms with Gasteiger partial charge in [0.2, 0.25) is 5.91 Å². The molecule has 0 aliphatic rings. The molecule has 1 aromatic heterocycles. The van der Waals surface area contributed by atoms with E-state index in [4.69, 9.17) is 27.9 Å². The lowest BCUT2D eigenvalue weighted by molar-refractivity contribution is -0.132. The number of H-pyrrole nitrogens is 1. The van der Waals surface area contributed by atoms with Gasteiger partial charge in [-0.1, -0.05) is 53.5 Å². The number of fused-ring (bicyclic) bond motifs is 1. The van der Waals surface area contributed by atoms with Gasteiger partial charge >= 0.3 is 0 Å². The SMILES string of the molecule is COCCCN(CC(=O)N(CCc1c[nH]c2ccccc12)Cc1ccc(F)cc1)C(=O)c1ccc(Cl)c(Cl)c1. The molecule has 0 radical (unpaired) electrons. The number of halogens is 3. The van der Waals surface area contributed by atoms with Gasteiger partial charge in [0, 0.05) is 56.0 Å². The molecule has 1 N–H and O–H groups in total. The summed E-state index contributed by atoms with van der Waals surface area (Å²) in [5.41, 5.74) is 3.26. The molecule has 0 spiro atoms. The predicted octanol–water partition coefficient (Wildman–Crippen LogP) is 6.36. The fourth-order valence-electron chi connectivity index (χ4n) is 4.42. The molecule has 0 fully saturated rings. The van der Waals surface area contributed by atoms with Crippen LogP contribution in [0.2, 0.25) is 10.0 Å². The molecular weight excluding hydrogens is 540 g/mol. The maximum Gasteiger partial charge on any atom is 0.254 e. The van der Waals surface area contributed by atoms with Gasteiger partial charge in [-0.2, -0.15) is 0 Å². The normalized spacial score (nSPS) is 11.1. The van der Waals surface area contributed by atoms with Gasteiger partial charge in [0.1, 0.15) is 12.4 Å². The van der Waals surface area contributed by atoms with E-state index >= 15 is 0 Å². The van der Waals surface area contributed by atoms with E-state index in [0.29, 0.717) is 43.1 Å². The smallest absolute Gasteiger partial charge is 0.254 e. The summed E-state index contributed by atoms with van der Waals surface area (Å²) < 4.78 is 18.7. The van der Waals surface area contributed by atoms with E-state index in [9.17, 15) is 14.0 Å². The lowest BCUT2D eigenvalue weighted by Gasteiger charge is -2.28. The van der Waals surface area contributed by atoms with Crippen LogP contribution in [-0.2, 0) is 22.5 Å². The number of benzene rings is 3. The molecule has 39 heavy (non-hydrogen) atoms. The van der Waals surface area contributed by atoms with Crippen molar-refractivity contribution in [2.75, 3.05) is 33.4 Å². The highest BCUT2D eigenvalue weighted by Gasteiger charge is 2.23. The van der Waals surface area contributed by atoms with Crippen molar-refractivity contribution in [3.8, 4) is 0 Å². The summed E-state index contributed by atoms with van der Waals surface area (Å²) in [4.78, 5) is 33.6. The summed E-state index contributed by atoms with van der Waals surface area (Å²) in [7, 11) is 1.59. The first-order valence-electron chi connectivity index (χ1n) is 12.7. The summed E-state index contributed by atoms with van der Waals surface area (Å²) in [6.45, 7) is 1.35. The Labute approximate surface area is 237 Å². The fraction of sp³-hybridized carbons (Fsp3) is 0.267. The molecular formula is C30H30Cl2FN3O3. The van der Waals surface area contributed by atoms with Crippen LogP contribution in [-0.4, -0.2) is 59.9 Å². The molecule has 2 amide bonds. The average molecular weight is 570 g/mol. The molecule has 4 rings (SSSR count). The third-order valence-electron chi connectivity index (χ3n) is 6.52. The zero-order valence-electron chi connectivity index (χ0n) is 21.6. The second-order valence-electron chi connectivity index (χ2n) is 9.25. The maximum atomic E-state index is 13.7. The molecule has 0 atom stereocenters. The van der Waals surface area contributed by atoms with Gasteiger partial charge in [0.25, 0.3) is 5.91 Å². The highest BCUT2D eigenvalue weighted by Crippen LogP contribution is 2.24. The van der Waals surface area contributed by atoms with E-state index in [2.05, 4.69) is 4.98 Å². The number of para-hydroxylation sites is 1. The molecule has 0 aliphatic heterocycles. The highest BCUT2D eigenvalue weighted by atomic mass is 35.5. The number of carbonyl (C=O) groups is 2. The predicted molar refractivity (Wildman–Crippen MR) is 153 cm³/mol. The topological polar surface area (TPSA) is 65.6 Å². The van der Waals surface area contributed by atoms with Crippen molar-refractivity contribution in [1.82, 2.24) is 14.8 Å². The number of carbonyl (C=O) groups excluding carboxylic acids is 2. The van der Waals surface area contributed by atoms with Crippen molar-refractivity contribution >= 4 is 45.9 Å². The zero-order valence-corrected chi connectivity index (χ0v) is 23.1. The van der Waals surface area contributed by atoms with E-state index in [1.807, 2.05) is 30.5 Å². The van der Waals surface area contributed by atoms with E-state index in [1.54, 1.807) is 36.3 Å². The van der Waals surface area contributed by atoms with Crippen LogP contribution >= 0.6 is 23.2 Å². The largest absolute Gasteiger partial charge is 0.385 e. The molecule has 0 unspecified atom stereocenters. The second kappa shape index (κ2) is 13.6. The van der Waals surface area contributed by atoms with E-state index in [0.717, 1.165) is 22.0 Å². The molecule has 3 aromatic carbocycles. The number of nitrogens with zero attached hydrogens (tertiary/aromatic N) is 2. The van der Waals surface area contributed by atoms with Gasteiger partial charge < -0.3 is 19.5 Å². The Bertz CT molecular complexity index is 1420. The van der Waals surface area contributed by atoms with Gasteiger partial charge in [-0.05, 0) is 60.4 Å². The molecule has 204 valence electrons. The van der Waals surface area contributed by atoms with Gasteiger partial charge in [-0.25, -0.2) is 4.39 Å². The van der Waals surface area contributed by atoms with Gasteiger partial charge in [-0.3, -0.25) is 9.59 Å². The number of aromatic nitrogens is 1.